The zero-order valence-electron chi connectivity index (χ0n) is 20.3. The number of sulfone groups is 1. The van der Waals surface area contributed by atoms with Crippen LogP contribution in [0.25, 0.3) is 0 Å². The third-order valence-electron chi connectivity index (χ3n) is 5.98. The van der Waals surface area contributed by atoms with E-state index in [1.807, 2.05) is 0 Å². The molecule has 0 saturated carbocycles. The summed E-state index contributed by atoms with van der Waals surface area (Å²) in [5.41, 5.74) is 0.522. The van der Waals surface area contributed by atoms with E-state index in [2.05, 4.69) is 10.4 Å². The molecule has 0 unspecified atom stereocenters. The maximum atomic E-state index is 13.6. The molecule has 1 heterocycles. The fourth-order valence-corrected chi connectivity index (χ4v) is 6.52. The van der Waals surface area contributed by atoms with E-state index in [0.29, 0.717) is 28.8 Å². The molecule has 0 bridgehead atoms. The molecule has 0 saturated heterocycles. The van der Waals surface area contributed by atoms with E-state index < -0.39 is 38.3 Å². The third-order valence-corrected chi connectivity index (χ3v) is 8.71. The van der Waals surface area contributed by atoms with E-state index in [4.69, 9.17) is 16.3 Å². The van der Waals surface area contributed by atoms with Crippen molar-refractivity contribution in [2.24, 2.45) is 0 Å². The van der Waals surface area contributed by atoms with Crippen LogP contribution in [-0.4, -0.2) is 36.7 Å². The number of nitrogens with one attached hydrogen (secondary N) is 1. The van der Waals surface area contributed by atoms with E-state index in [9.17, 15) is 26.4 Å². The van der Waals surface area contributed by atoms with Gasteiger partial charge in [0.05, 0.1) is 23.3 Å². The minimum atomic E-state index is -4.72. The van der Waals surface area contributed by atoms with Gasteiger partial charge < -0.3 is 4.74 Å². The summed E-state index contributed by atoms with van der Waals surface area (Å²) in [5.74, 6) is -0.986. The highest BCUT2D eigenvalue weighted by Crippen LogP contribution is 2.37. The van der Waals surface area contributed by atoms with Gasteiger partial charge in [0.2, 0.25) is 0 Å². The third kappa shape index (κ3) is 6.90. The van der Waals surface area contributed by atoms with Gasteiger partial charge in [-0.2, -0.15) is 18.3 Å². The van der Waals surface area contributed by atoms with Gasteiger partial charge in [-0.1, -0.05) is 23.4 Å². The molecular formula is C25H25ClF3N3O4S2. The van der Waals surface area contributed by atoms with Crippen LogP contribution in [0.3, 0.4) is 0 Å². The Hall–Kier alpha value is -2.54. The van der Waals surface area contributed by atoms with Crippen molar-refractivity contribution < 1.29 is 31.1 Å². The average molecular weight is 588 g/mol. The summed E-state index contributed by atoms with van der Waals surface area (Å²) in [6.07, 6.45) is -1.12. The highest BCUT2D eigenvalue weighted by molar-refractivity contribution is 7.99. The fourth-order valence-electron chi connectivity index (χ4n) is 4.20. The lowest BCUT2D eigenvalue weighted by Crippen LogP contribution is -2.30. The van der Waals surface area contributed by atoms with E-state index in [-0.39, 0.29) is 24.1 Å². The maximum Gasteiger partial charge on any atom is 0.416 e. The Morgan fingerprint density at radius 1 is 1.21 bits per heavy atom. The first-order valence-electron chi connectivity index (χ1n) is 11.8. The van der Waals surface area contributed by atoms with Gasteiger partial charge in [0.1, 0.15) is 12.4 Å². The predicted molar refractivity (Wildman–Crippen MR) is 137 cm³/mol. The number of fused-ring (bicyclic) bond motifs is 1. The summed E-state index contributed by atoms with van der Waals surface area (Å²) in [5, 5.41) is 7.72. The molecule has 4 rings (SSSR count). The highest BCUT2D eigenvalue weighted by Gasteiger charge is 2.33. The van der Waals surface area contributed by atoms with Gasteiger partial charge in [0, 0.05) is 32.1 Å². The smallest absolute Gasteiger partial charge is 0.416 e. The second-order valence-electron chi connectivity index (χ2n) is 8.66. The molecule has 204 valence electrons. The van der Waals surface area contributed by atoms with Crippen molar-refractivity contribution >= 4 is 39.2 Å². The molecule has 1 N–H and O–H groups in total. The van der Waals surface area contributed by atoms with Gasteiger partial charge >= 0.3 is 12.1 Å². The molecule has 0 fully saturated rings. The Bertz CT molecular complexity index is 1410. The molecular weight excluding hydrogens is 563 g/mol. The number of ether oxygens (including phenoxy) is 1. The number of rotatable bonds is 9. The van der Waals surface area contributed by atoms with Crippen molar-refractivity contribution in [3.63, 3.8) is 0 Å². The van der Waals surface area contributed by atoms with Crippen LogP contribution in [0.5, 0.6) is 0 Å². The summed E-state index contributed by atoms with van der Waals surface area (Å²) in [6.45, 7) is 1.91. The van der Waals surface area contributed by atoms with Crippen LogP contribution in [0, 0.1) is 0 Å². The van der Waals surface area contributed by atoms with Gasteiger partial charge in [-0.25, -0.2) is 8.42 Å². The summed E-state index contributed by atoms with van der Waals surface area (Å²) in [6, 6.07) is 8.95. The number of hydrogen-bond acceptors (Lipinski definition) is 7. The number of alkyl halides is 3. The zero-order valence-corrected chi connectivity index (χ0v) is 22.7. The van der Waals surface area contributed by atoms with Gasteiger partial charge in [0.25, 0.3) is 0 Å². The Morgan fingerprint density at radius 2 is 1.95 bits per heavy atom. The zero-order chi connectivity index (χ0) is 27.5. The van der Waals surface area contributed by atoms with Crippen molar-refractivity contribution in [1.29, 1.82) is 0 Å². The molecule has 1 aliphatic carbocycles. The lowest BCUT2D eigenvalue weighted by molar-refractivity contribution is -0.144. The maximum absolute atomic E-state index is 13.6. The summed E-state index contributed by atoms with van der Waals surface area (Å²) in [4.78, 5) is 12.2. The van der Waals surface area contributed by atoms with Gasteiger partial charge in [0.15, 0.2) is 9.84 Å². The van der Waals surface area contributed by atoms with E-state index in [1.165, 1.54) is 6.07 Å². The fraction of sp³-hybridized carbons (Fsp3) is 0.360. The topological polar surface area (TPSA) is 90.3 Å². The number of carbonyl (C=O) groups excluding carboxylic acids is 1. The molecule has 1 atom stereocenters. The SMILES string of the molecule is CCOC(=O)Cn1ncc2c1CCC[C@H]2NCS(=O)(=O)c1cc(Sc2ccc(Cl)cc2)cc(C(F)(F)F)c1. The minimum absolute atomic E-state index is 0.0491. The lowest BCUT2D eigenvalue weighted by atomic mass is 9.93. The first-order valence-corrected chi connectivity index (χ1v) is 14.6. The van der Waals surface area contributed by atoms with E-state index in [1.54, 1.807) is 42.1 Å². The van der Waals surface area contributed by atoms with Crippen molar-refractivity contribution in [1.82, 2.24) is 15.1 Å². The molecule has 0 aliphatic heterocycles. The van der Waals surface area contributed by atoms with Crippen molar-refractivity contribution in [2.45, 2.75) is 59.6 Å². The number of carbonyl (C=O) groups is 1. The molecule has 0 spiro atoms. The van der Waals surface area contributed by atoms with Gasteiger partial charge in [-0.05, 0) is 68.7 Å². The Balaban J connectivity index is 1.55. The number of halogens is 4. The summed E-state index contributed by atoms with van der Waals surface area (Å²) < 4.78 is 73.8. The number of benzene rings is 2. The van der Waals surface area contributed by atoms with Crippen LogP contribution in [0.15, 0.2) is 63.3 Å². The van der Waals surface area contributed by atoms with Gasteiger partial charge in [-0.15, -0.1) is 0 Å². The molecule has 7 nitrogen and oxygen atoms in total. The molecule has 0 radical (unpaired) electrons. The summed E-state index contributed by atoms with van der Waals surface area (Å²) >= 11 is 6.89. The Labute approximate surface area is 227 Å². The first kappa shape index (κ1) is 28.5. The average Bonchev–Trinajstić information content (AvgIpc) is 3.27. The van der Waals surface area contributed by atoms with Crippen LogP contribution in [-0.2, 0) is 38.5 Å². The van der Waals surface area contributed by atoms with Crippen LogP contribution >= 0.6 is 23.4 Å². The molecule has 38 heavy (non-hydrogen) atoms. The molecule has 1 aliphatic rings. The molecule has 0 amide bonds. The lowest BCUT2D eigenvalue weighted by Gasteiger charge is -2.24. The van der Waals surface area contributed by atoms with Crippen LogP contribution in [0.1, 0.15) is 42.6 Å². The number of esters is 1. The van der Waals surface area contributed by atoms with Crippen molar-refractivity contribution in [3.8, 4) is 0 Å². The number of hydrogen-bond donors (Lipinski definition) is 1. The van der Waals surface area contributed by atoms with Crippen LogP contribution in [0.2, 0.25) is 5.02 Å². The second kappa shape index (κ2) is 11.7. The normalized spacial score (nSPS) is 15.8. The second-order valence-corrected chi connectivity index (χ2v) is 12.2. The molecule has 13 heteroatoms. The standard InChI is InChI=1S/C25H25ClF3N3O4S2/c1-2-36-24(33)14-32-23-5-3-4-22(21(23)13-31-32)30-15-38(34,35)20-11-16(25(27,28)29)10-19(12-20)37-18-8-6-17(26)7-9-18/h6-13,22,30H,2-5,14-15H2,1H3/t22-/m1/s1. The van der Waals surface area contributed by atoms with Gasteiger partial charge in [-0.3, -0.25) is 14.8 Å². The predicted octanol–water partition coefficient (Wildman–Crippen LogP) is 5.67. The highest BCUT2D eigenvalue weighted by atomic mass is 35.5. The quantitative estimate of drug-likeness (QED) is 0.323. The monoisotopic (exact) mass is 587 g/mol. The van der Waals surface area contributed by atoms with Crippen LogP contribution < -0.4 is 5.32 Å². The van der Waals surface area contributed by atoms with Crippen molar-refractivity contribution in [2.75, 3.05) is 12.5 Å². The largest absolute Gasteiger partial charge is 0.465 e. The minimum Gasteiger partial charge on any atom is -0.465 e. The Kier molecular flexibility index (Phi) is 8.75. The van der Waals surface area contributed by atoms with Crippen LogP contribution in [0.4, 0.5) is 13.2 Å². The van der Waals surface area contributed by atoms with Crippen molar-refractivity contribution in [3.05, 3.63) is 70.5 Å². The molecule has 3 aromatic rings. The summed E-state index contributed by atoms with van der Waals surface area (Å²) in [7, 11) is -4.13. The molecule has 1 aromatic heterocycles. The van der Waals surface area contributed by atoms with E-state index in [0.717, 1.165) is 35.5 Å². The van der Waals surface area contributed by atoms with E-state index >= 15 is 0 Å². The Morgan fingerprint density at radius 3 is 2.63 bits per heavy atom. The molecule has 2 aromatic carbocycles. The first-order chi connectivity index (χ1) is 18.0. The number of nitrogens with zero attached hydrogens (tertiary/aromatic N) is 2. The number of aromatic nitrogens is 2.